The van der Waals surface area contributed by atoms with Crippen LogP contribution in [0.25, 0.3) is 0 Å². The lowest BCUT2D eigenvalue weighted by molar-refractivity contribution is -0.384. The molecule has 0 spiro atoms. The topological polar surface area (TPSA) is 119 Å². The van der Waals surface area contributed by atoms with E-state index in [2.05, 4.69) is 4.74 Å². The Morgan fingerprint density at radius 1 is 1.19 bits per heavy atom. The highest BCUT2D eigenvalue weighted by Gasteiger charge is 2.29. The van der Waals surface area contributed by atoms with Crippen LogP contribution in [0.5, 0.6) is 0 Å². The Bertz CT molecular complexity index is 774. The van der Waals surface area contributed by atoms with E-state index in [9.17, 15) is 24.5 Å². The molecule has 2 aliphatic heterocycles. The molecule has 144 valence electrons. The van der Waals surface area contributed by atoms with Gasteiger partial charge in [0.15, 0.2) is 6.61 Å². The number of carbonyl (C=O) groups is 3. The number of nitrogens with zero attached hydrogens (tertiary/aromatic N) is 3. The third kappa shape index (κ3) is 4.15. The molecule has 2 aliphatic rings. The smallest absolute Gasteiger partial charge is 0.416 e. The molecule has 0 aromatic heterocycles. The predicted molar refractivity (Wildman–Crippen MR) is 92.5 cm³/mol. The zero-order chi connectivity index (χ0) is 19.4. The van der Waals surface area contributed by atoms with Crippen LogP contribution in [0.4, 0.5) is 16.2 Å². The van der Waals surface area contributed by atoms with Crippen LogP contribution < -0.4 is 4.90 Å². The SMILES string of the molecule is O=C(OCC(=O)N1CCOC1=O)c1ccc(N2CCCCC2)c([N+](=O)[O-])c1. The average molecular weight is 377 g/mol. The van der Waals surface area contributed by atoms with Crippen molar-refractivity contribution in [1.82, 2.24) is 4.90 Å². The van der Waals surface area contributed by atoms with Gasteiger partial charge in [0.05, 0.1) is 17.0 Å². The molecule has 0 radical (unpaired) electrons. The van der Waals surface area contributed by atoms with Gasteiger partial charge in [-0.25, -0.2) is 14.5 Å². The fourth-order valence-electron chi connectivity index (χ4n) is 3.11. The van der Waals surface area contributed by atoms with Crippen LogP contribution in [0.15, 0.2) is 18.2 Å². The molecule has 0 N–H and O–H groups in total. The molecule has 0 saturated carbocycles. The number of carbonyl (C=O) groups excluding carboxylic acids is 3. The zero-order valence-electron chi connectivity index (χ0n) is 14.6. The number of esters is 1. The molecule has 10 heteroatoms. The second-order valence-corrected chi connectivity index (χ2v) is 6.24. The Kier molecular flexibility index (Phi) is 5.53. The highest BCUT2D eigenvalue weighted by atomic mass is 16.6. The minimum Gasteiger partial charge on any atom is -0.452 e. The van der Waals surface area contributed by atoms with E-state index in [0.717, 1.165) is 43.3 Å². The minimum absolute atomic E-state index is 0.0285. The third-order valence-corrected chi connectivity index (χ3v) is 4.49. The summed E-state index contributed by atoms with van der Waals surface area (Å²) in [5.74, 6) is -1.57. The van der Waals surface area contributed by atoms with E-state index in [4.69, 9.17) is 4.74 Å². The minimum atomic E-state index is -0.871. The Balaban J connectivity index is 1.69. The molecule has 10 nitrogen and oxygen atoms in total. The van der Waals surface area contributed by atoms with Crippen LogP contribution in [0.3, 0.4) is 0 Å². The number of imide groups is 1. The van der Waals surface area contributed by atoms with Gasteiger partial charge in [-0.1, -0.05) is 0 Å². The van der Waals surface area contributed by atoms with Gasteiger partial charge in [0.1, 0.15) is 12.3 Å². The molecule has 1 aromatic carbocycles. The summed E-state index contributed by atoms with van der Waals surface area (Å²) >= 11 is 0. The summed E-state index contributed by atoms with van der Waals surface area (Å²) in [7, 11) is 0. The lowest BCUT2D eigenvalue weighted by Gasteiger charge is -2.28. The van der Waals surface area contributed by atoms with Crippen molar-refractivity contribution in [2.75, 3.05) is 37.7 Å². The number of ether oxygens (including phenoxy) is 2. The first-order chi connectivity index (χ1) is 13.0. The molecule has 0 bridgehead atoms. The van der Waals surface area contributed by atoms with Crippen molar-refractivity contribution in [3.8, 4) is 0 Å². The quantitative estimate of drug-likeness (QED) is 0.432. The van der Waals surface area contributed by atoms with Crippen LogP contribution in [0.1, 0.15) is 29.6 Å². The number of amides is 2. The number of nitro benzene ring substituents is 1. The van der Waals surface area contributed by atoms with Crippen molar-refractivity contribution in [2.24, 2.45) is 0 Å². The van der Waals surface area contributed by atoms with Gasteiger partial charge in [-0.2, -0.15) is 0 Å². The standard InChI is InChI=1S/C17H19N3O7/c21-15(19-8-9-26-17(19)23)11-27-16(22)12-4-5-13(14(10-12)20(24)25)18-6-2-1-3-7-18/h4-5,10H,1-3,6-9,11H2. The Morgan fingerprint density at radius 3 is 2.56 bits per heavy atom. The van der Waals surface area contributed by atoms with Gasteiger partial charge in [-0.3, -0.25) is 14.9 Å². The maximum absolute atomic E-state index is 12.2. The van der Waals surface area contributed by atoms with Gasteiger partial charge in [0.25, 0.3) is 11.6 Å². The predicted octanol–water partition coefficient (Wildman–Crippen LogP) is 1.72. The number of piperidine rings is 1. The van der Waals surface area contributed by atoms with Crippen LogP contribution in [0, 0.1) is 10.1 Å². The first-order valence-electron chi connectivity index (χ1n) is 8.65. The summed E-state index contributed by atoms with van der Waals surface area (Å²) < 4.78 is 9.53. The molecule has 2 heterocycles. The van der Waals surface area contributed by atoms with E-state index in [-0.39, 0.29) is 24.4 Å². The number of anilines is 1. The summed E-state index contributed by atoms with van der Waals surface area (Å²) in [6.45, 7) is 1.01. The van der Waals surface area contributed by atoms with E-state index < -0.39 is 29.5 Å². The van der Waals surface area contributed by atoms with Crippen molar-refractivity contribution in [2.45, 2.75) is 19.3 Å². The van der Waals surface area contributed by atoms with Crippen molar-refractivity contribution >= 4 is 29.3 Å². The first kappa shape index (κ1) is 18.6. The normalized spacial score (nSPS) is 16.8. The van der Waals surface area contributed by atoms with E-state index in [0.29, 0.717) is 5.69 Å². The van der Waals surface area contributed by atoms with Gasteiger partial charge in [-0.15, -0.1) is 0 Å². The maximum atomic E-state index is 12.2. The summed E-state index contributed by atoms with van der Waals surface area (Å²) in [4.78, 5) is 49.0. The van der Waals surface area contributed by atoms with Crippen LogP contribution in [-0.4, -0.2) is 60.6 Å². The molecular weight excluding hydrogens is 358 g/mol. The summed E-state index contributed by atoms with van der Waals surface area (Å²) in [6.07, 6.45) is 2.23. The van der Waals surface area contributed by atoms with Crippen molar-refractivity contribution < 1.29 is 28.8 Å². The van der Waals surface area contributed by atoms with Gasteiger partial charge in [0.2, 0.25) is 0 Å². The van der Waals surface area contributed by atoms with Gasteiger partial charge < -0.3 is 14.4 Å². The van der Waals surface area contributed by atoms with E-state index in [1.807, 2.05) is 4.90 Å². The number of hydrogen-bond donors (Lipinski definition) is 0. The monoisotopic (exact) mass is 377 g/mol. The fourth-order valence-corrected chi connectivity index (χ4v) is 3.11. The lowest BCUT2D eigenvalue weighted by Crippen LogP contribution is -2.35. The molecule has 3 rings (SSSR count). The number of hydrogen-bond acceptors (Lipinski definition) is 8. The summed E-state index contributed by atoms with van der Waals surface area (Å²) in [5, 5.41) is 11.4. The molecule has 0 atom stereocenters. The van der Waals surface area contributed by atoms with E-state index >= 15 is 0 Å². The van der Waals surface area contributed by atoms with Crippen LogP contribution in [-0.2, 0) is 14.3 Å². The van der Waals surface area contributed by atoms with Gasteiger partial charge >= 0.3 is 12.1 Å². The molecule has 2 fully saturated rings. The molecule has 1 aromatic rings. The zero-order valence-corrected chi connectivity index (χ0v) is 14.6. The molecule has 2 saturated heterocycles. The van der Waals surface area contributed by atoms with Crippen molar-refractivity contribution in [1.29, 1.82) is 0 Å². The van der Waals surface area contributed by atoms with Crippen molar-refractivity contribution in [3.63, 3.8) is 0 Å². The Labute approximate surface area is 154 Å². The number of rotatable bonds is 5. The maximum Gasteiger partial charge on any atom is 0.416 e. The summed E-state index contributed by atoms with van der Waals surface area (Å²) in [6, 6.07) is 4.12. The molecule has 2 amide bonds. The molecule has 27 heavy (non-hydrogen) atoms. The summed E-state index contributed by atoms with van der Waals surface area (Å²) in [5.41, 5.74) is 0.257. The van der Waals surface area contributed by atoms with Gasteiger partial charge in [0, 0.05) is 19.2 Å². The van der Waals surface area contributed by atoms with Crippen molar-refractivity contribution in [3.05, 3.63) is 33.9 Å². The number of benzene rings is 1. The third-order valence-electron chi connectivity index (χ3n) is 4.49. The number of cyclic esters (lactones) is 1. The molecular formula is C17H19N3O7. The lowest BCUT2D eigenvalue weighted by atomic mass is 10.1. The van der Waals surface area contributed by atoms with Crippen LogP contribution in [0.2, 0.25) is 0 Å². The highest BCUT2D eigenvalue weighted by Crippen LogP contribution is 2.31. The second-order valence-electron chi connectivity index (χ2n) is 6.24. The van der Waals surface area contributed by atoms with Crippen LogP contribution >= 0.6 is 0 Å². The number of nitro groups is 1. The Hall–Kier alpha value is -3.17. The van der Waals surface area contributed by atoms with E-state index in [1.54, 1.807) is 0 Å². The largest absolute Gasteiger partial charge is 0.452 e. The average Bonchev–Trinajstić information content (AvgIpc) is 3.12. The van der Waals surface area contributed by atoms with Gasteiger partial charge in [-0.05, 0) is 31.4 Å². The fraction of sp³-hybridized carbons (Fsp3) is 0.471. The highest BCUT2D eigenvalue weighted by molar-refractivity contribution is 5.96. The molecule has 0 unspecified atom stereocenters. The Morgan fingerprint density at radius 2 is 1.93 bits per heavy atom. The van der Waals surface area contributed by atoms with E-state index in [1.165, 1.54) is 12.1 Å². The second kappa shape index (κ2) is 8.02. The molecule has 0 aliphatic carbocycles. The first-order valence-corrected chi connectivity index (χ1v) is 8.65.